The lowest BCUT2D eigenvalue weighted by Crippen LogP contribution is -2.44. The second-order valence-corrected chi connectivity index (χ2v) is 37.7. The van der Waals surface area contributed by atoms with Crippen molar-refractivity contribution in [3.05, 3.63) is 211 Å². The maximum atomic E-state index is 14.0. The lowest BCUT2D eigenvalue weighted by molar-refractivity contribution is 0.172. The van der Waals surface area contributed by atoms with Crippen molar-refractivity contribution < 1.29 is 28.1 Å². The van der Waals surface area contributed by atoms with E-state index in [1.807, 2.05) is 122 Å². The van der Waals surface area contributed by atoms with Gasteiger partial charge in [-0.25, -0.2) is 46.9 Å². The van der Waals surface area contributed by atoms with Crippen molar-refractivity contribution in [3.8, 4) is 84.5 Å². The molecule has 11 aliphatic rings. The SMILES string of the molecule is Cc1ccc2cc1-c1cnn3ccc(nc13)N(C)C1CCN(CCO2)CC1.Cc1ccc2cc1-c1cnn3ccc(nc13)N(C)CCN1CCC[C@H]1CO2.Cc1ccc2cc1-c1cnn3ccc(nc13)NCCCN1CCC[C@H]1CO2.Cc1ccc2cc1-c1cnn3ccc(nc13)NCCN1C[C@H](F)C[C@H]1CO2.Cc1ccc2cc1-c1cnn3ccc(nc13)OCCCN1CCC[C@H]1CN2. The fourth-order valence-electron chi connectivity index (χ4n) is 20.9. The lowest BCUT2D eigenvalue weighted by Gasteiger charge is -2.37. The average Bonchev–Trinajstić information content (AvgIpc) is 1.68. The topological polar surface area (TPSA) is 256 Å². The Morgan fingerprint density at radius 1 is 0.333 bits per heavy atom. The van der Waals surface area contributed by atoms with Crippen molar-refractivity contribution >= 4 is 57.2 Å². The third-order valence-corrected chi connectivity index (χ3v) is 28.9. The molecular formula is C104H122FN25O5. The van der Waals surface area contributed by atoms with Crippen molar-refractivity contribution in [1.29, 1.82) is 0 Å². The molecule has 11 aliphatic heterocycles. The Morgan fingerprint density at radius 3 is 1.33 bits per heavy atom. The zero-order valence-corrected chi connectivity index (χ0v) is 78.5. The van der Waals surface area contributed by atoms with Gasteiger partial charge in [-0.2, -0.15) is 30.5 Å². The molecule has 31 heteroatoms. The highest BCUT2D eigenvalue weighted by Crippen LogP contribution is 2.40. The number of ether oxygens (including phenoxy) is 5. The number of alkyl halides is 1. The van der Waals surface area contributed by atoms with Gasteiger partial charge in [0.25, 0.3) is 0 Å². The van der Waals surface area contributed by atoms with E-state index in [0.717, 1.165) is 259 Å². The maximum absolute atomic E-state index is 14.0. The Labute approximate surface area is 786 Å². The van der Waals surface area contributed by atoms with Gasteiger partial charge in [0.1, 0.15) is 78.9 Å². The minimum atomic E-state index is -0.787. The highest BCUT2D eigenvalue weighted by atomic mass is 19.1. The largest absolute Gasteiger partial charge is 0.492 e. The predicted molar refractivity (Wildman–Crippen MR) is 528 cm³/mol. The van der Waals surface area contributed by atoms with Crippen LogP contribution in [0.2, 0.25) is 0 Å². The van der Waals surface area contributed by atoms with Crippen molar-refractivity contribution in [2.24, 2.45) is 0 Å². The van der Waals surface area contributed by atoms with Crippen LogP contribution in [0.1, 0.15) is 98.4 Å². The molecule has 5 aromatic carbocycles. The summed E-state index contributed by atoms with van der Waals surface area (Å²) >= 11 is 0. The number of aromatic nitrogens is 15. The number of likely N-dealkylation sites (N-methyl/N-ethyl adjacent to an activating group) is 1. The van der Waals surface area contributed by atoms with E-state index in [-0.39, 0.29) is 6.04 Å². The normalized spacial score (nSPS) is 21.4. The third kappa shape index (κ3) is 19.4. The number of halogens is 1. The molecule has 0 unspecified atom stereocenters. The molecule has 5 fully saturated rings. The molecule has 0 saturated carbocycles. The fraction of sp³-hybridized carbons (Fsp3) is 0.423. The molecule has 0 amide bonds. The van der Waals surface area contributed by atoms with Gasteiger partial charge in [-0.3, -0.25) is 24.5 Å². The Balaban J connectivity index is 0.000000101. The number of benzene rings is 5. The second-order valence-electron chi connectivity index (χ2n) is 37.7. The van der Waals surface area contributed by atoms with E-state index in [2.05, 4.69) is 203 Å². The van der Waals surface area contributed by atoms with Gasteiger partial charge < -0.3 is 49.4 Å². The van der Waals surface area contributed by atoms with E-state index in [9.17, 15) is 4.39 Å². The minimum absolute atomic E-state index is 0.0941. The van der Waals surface area contributed by atoms with Gasteiger partial charge in [-0.05, 0) is 265 Å². The lowest BCUT2D eigenvalue weighted by atomic mass is 10.0. The monoisotopic (exact) mass is 1820 g/mol. The summed E-state index contributed by atoms with van der Waals surface area (Å²) in [6.07, 6.45) is 30.9. The highest BCUT2D eigenvalue weighted by Gasteiger charge is 2.35. The summed E-state index contributed by atoms with van der Waals surface area (Å²) in [4.78, 5) is 41.2. The van der Waals surface area contributed by atoms with E-state index in [4.69, 9.17) is 48.6 Å². The first-order valence-electron chi connectivity index (χ1n) is 48.5. The van der Waals surface area contributed by atoms with Crippen molar-refractivity contribution in [3.63, 3.8) is 0 Å². The van der Waals surface area contributed by atoms with Gasteiger partial charge in [0.05, 0.1) is 37.6 Å². The number of rotatable bonds is 0. The van der Waals surface area contributed by atoms with Gasteiger partial charge in [0.15, 0.2) is 28.2 Å². The summed E-state index contributed by atoms with van der Waals surface area (Å²) < 4.78 is 53.6. The number of anilines is 5. The number of hydrogen-bond donors (Lipinski definition) is 3. The molecule has 3 N–H and O–H groups in total. The molecule has 15 aromatic rings. The average molecular weight is 1820 g/mol. The van der Waals surface area contributed by atoms with Crippen LogP contribution in [0.4, 0.5) is 33.3 Å². The minimum Gasteiger partial charge on any atom is -0.492 e. The van der Waals surface area contributed by atoms with Crippen molar-refractivity contribution in [2.75, 3.05) is 171 Å². The van der Waals surface area contributed by atoms with Gasteiger partial charge in [0.2, 0.25) is 5.88 Å². The van der Waals surface area contributed by atoms with Crippen LogP contribution in [-0.4, -0.2) is 279 Å². The first-order chi connectivity index (χ1) is 66.1. The molecule has 0 spiro atoms. The molecule has 22 bridgehead atoms. The van der Waals surface area contributed by atoms with Crippen LogP contribution in [0.15, 0.2) is 183 Å². The molecular weight excluding hydrogens is 1700 g/mol. The maximum Gasteiger partial charge on any atom is 0.216 e. The fourth-order valence-corrected chi connectivity index (χ4v) is 20.9. The Morgan fingerprint density at radius 2 is 0.770 bits per heavy atom. The quantitative estimate of drug-likeness (QED) is 0.127. The summed E-state index contributed by atoms with van der Waals surface area (Å²) in [6.45, 7) is 28.7. The van der Waals surface area contributed by atoms with Gasteiger partial charge in [0, 0.05) is 193 Å². The summed E-state index contributed by atoms with van der Waals surface area (Å²) in [6, 6.07) is 43.7. The van der Waals surface area contributed by atoms with E-state index < -0.39 is 6.17 Å². The first-order valence-corrected chi connectivity index (χ1v) is 48.5. The smallest absolute Gasteiger partial charge is 0.216 e. The van der Waals surface area contributed by atoms with Crippen LogP contribution in [0.3, 0.4) is 0 Å². The van der Waals surface area contributed by atoms with E-state index in [1.165, 1.54) is 73.9 Å². The molecule has 5 atom stereocenters. The molecule has 0 radical (unpaired) electrons. The summed E-state index contributed by atoms with van der Waals surface area (Å²) in [7, 11) is 4.29. The molecule has 700 valence electrons. The van der Waals surface area contributed by atoms with Crippen LogP contribution in [0.5, 0.6) is 28.9 Å². The number of hydrogen-bond acceptors (Lipinski definition) is 25. The number of nitrogens with zero attached hydrogens (tertiary/aromatic N) is 22. The molecule has 10 aromatic heterocycles. The molecule has 21 heterocycles. The van der Waals surface area contributed by atoms with Crippen molar-refractivity contribution in [2.45, 2.75) is 142 Å². The Kier molecular flexibility index (Phi) is 25.9. The van der Waals surface area contributed by atoms with Gasteiger partial charge >= 0.3 is 0 Å². The molecule has 30 nitrogen and oxygen atoms in total. The van der Waals surface area contributed by atoms with Crippen LogP contribution < -0.4 is 49.4 Å². The standard InChI is InChI=1S/4C21H25N5O.C20H22FN5O/c1-15-3-4-17-13-18(15)19-14-22-26-10-7-20(23-21(19)26)24(2)16-5-8-25(9-6-16)11-12-27-17;1-15-5-6-17-12-18(15)19-13-22-26-9-7-20(23-21(19)26)24(2)10-11-25-8-3-4-16(25)14-27-17;1-15-5-6-17-12-18(15)19-13-23-26-11-7-20(24-21(19)26)22-8-3-10-25-9-2-4-16(25)14-27-17;1-15-5-6-16-12-18(15)19-14-23-26-10-7-20(24-21(19)26)27-11-3-9-25-8-2-4-17(25)13-22-16;1-13-2-3-16-9-17(13)18-10-23-26-6-4-19(24-20(18)26)22-5-7-25-11-14(21)8-15(25)12-27-16/h3-4,7,10,13-14,16H,5-6,8-9,11-12H2,1-2H3;5-7,9,12-13,16H,3-4,8,10-11,14H2,1-2H3;5-7,11-13,16H,2-4,8-10,14H2,1H3,(H,22,24);5-7,10,12,14,17,22H,2-4,8-9,11,13H2,1H3;2-4,6,9-10,14-15H,5,7-8,11-12H2,1H3,(H,22,24)/t;2*16-;17-;14-,15+/m.0001/s1. The predicted octanol–water partition coefficient (Wildman–Crippen LogP) is 15.6. The van der Waals surface area contributed by atoms with Crippen molar-refractivity contribution in [1.82, 2.24) is 97.5 Å². The van der Waals surface area contributed by atoms with Crippen LogP contribution in [-0.2, 0) is 0 Å². The number of fused-ring (bicyclic) bond motifs is 24. The van der Waals surface area contributed by atoms with E-state index >= 15 is 0 Å². The second kappa shape index (κ2) is 39.5. The number of nitrogens with one attached hydrogen (secondary N) is 3. The molecule has 5 saturated heterocycles. The summed E-state index contributed by atoms with van der Waals surface area (Å²) in [5, 5.41) is 32.9. The van der Waals surface area contributed by atoms with Crippen LogP contribution >= 0.6 is 0 Å². The van der Waals surface area contributed by atoms with Gasteiger partial charge in [-0.15, -0.1) is 0 Å². The molecule has 0 aliphatic carbocycles. The first kappa shape index (κ1) is 88.5. The zero-order valence-electron chi connectivity index (χ0n) is 78.5. The third-order valence-electron chi connectivity index (χ3n) is 28.9. The highest BCUT2D eigenvalue weighted by molar-refractivity contribution is 5.85. The zero-order chi connectivity index (χ0) is 91.6. The Hall–Kier alpha value is -13.1. The summed E-state index contributed by atoms with van der Waals surface area (Å²) in [5.74, 6) is 7.93. The van der Waals surface area contributed by atoms with Gasteiger partial charge in [-0.1, -0.05) is 30.3 Å². The summed E-state index contributed by atoms with van der Waals surface area (Å²) in [5.41, 5.74) is 22.2. The molecule has 135 heavy (non-hydrogen) atoms. The number of aryl methyl sites for hydroxylation is 5. The Bertz CT molecular complexity index is 6560. The van der Waals surface area contributed by atoms with E-state index in [0.29, 0.717) is 62.8 Å². The van der Waals surface area contributed by atoms with Crippen LogP contribution in [0, 0.1) is 34.6 Å². The molecule has 26 rings (SSSR count). The van der Waals surface area contributed by atoms with E-state index in [1.54, 1.807) is 4.52 Å². The van der Waals surface area contributed by atoms with Crippen LogP contribution in [0.25, 0.3) is 83.9 Å². The number of piperidine rings is 1.